The molecule has 0 saturated heterocycles. The predicted molar refractivity (Wildman–Crippen MR) is 113 cm³/mol. The third-order valence-corrected chi connectivity index (χ3v) is 6.13. The highest BCUT2D eigenvalue weighted by atomic mass is 79.9. The molecule has 0 amide bonds. The first-order valence-corrected chi connectivity index (χ1v) is 9.29. The van der Waals surface area contributed by atoms with E-state index in [1.54, 1.807) is 0 Å². The van der Waals surface area contributed by atoms with Crippen LogP contribution in [0, 0.1) is 0 Å². The van der Waals surface area contributed by atoms with Gasteiger partial charge in [0.1, 0.15) is 0 Å². The van der Waals surface area contributed by atoms with Crippen molar-refractivity contribution in [3.8, 4) is 0 Å². The number of hydrogen-bond donors (Lipinski definition) is 0. The van der Waals surface area contributed by atoms with E-state index in [1.807, 2.05) is 0 Å². The van der Waals surface area contributed by atoms with Crippen molar-refractivity contribution < 1.29 is 0 Å². The largest absolute Gasteiger partial charge is 0.0616 e. The highest BCUT2D eigenvalue weighted by molar-refractivity contribution is 9.10. The Hall–Kier alpha value is -2.64. The van der Waals surface area contributed by atoms with Crippen molar-refractivity contribution in [3.05, 3.63) is 83.3 Å². The van der Waals surface area contributed by atoms with Crippen LogP contribution in [-0.4, -0.2) is 0 Å². The summed E-state index contributed by atoms with van der Waals surface area (Å²) in [6.45, 7) is 0. The summed E-state index contributed by atoms with van der Waals surface area (Å²) in [7, 11) is 0. The molecule has 0 aromatic heterocycles. The molecule has 0 fully saturated rings. The molecule has 0 unspecified atom stereocenters. The molecular weight excluding hydrogens is 368 g/mol. The molecule has 116 valence electrons. The van der Waals surface area contributed by atoms with Crippen LogP contribution >= 0.6 is 15.9 Å². The molecule has 0 saturated carbocycles. The average molecular weight is 381 g/mol. The maximum absolute atomic E-state index is 3.75. The molecule has 0 aliphatic carbocycles. The smallest absolute Gasteiger partial charge is 0.0254 e. The summed E-state index contributed by atoms with van der Waals surface area (Å²) in [6.07, 6.45) is 0. The molecule has 0 bridgehead atoms. The molecule has 0 aliphatic rings. The maximum atomic E-state index is 3.75. The number of benzene rings is 6. The molecule has 0 nitrogen and oxygen atoms in total. The maximum Gasteiger partial charge on any atom is 0.0254 e. The van der Waals surface area contributed by atoms with E-state index >= 15 is 0 Å². The zero-order valence-corrected chi connectivity index (χ0v) is 15.0. The third kappa shape index (κ3) is 1.66. The Morgan fingerprint density at radius 3 is 2.08 bits per heavy atom. The molecule has 6 aromatic rings. The van der Waals surface area contributed by atoms with Gasteiger partial charge >= 0.3 is 0 Å². The van der Waals surface area contributed by atoms with Gasteiger partial charge in [-0.25, -0.2) is 0 Å². The van der Waals surface area contributed by atoms with Gasteiger partial charge in [0.2, 0.25) is 0 Å². The molecule has 0 N–H and O–H groups in total. The van der Waals surface area contributed by atoms with Crippen molar-refractivity contribution in [1.29, 1.82) is 0 Å². The van der Waals surface area contributed by atoms with Gasteiger partial charge in [0.05, 0.1) is 0 Å². The Bertz CT molecular complexity index is 1440. The van der Waals surface area contributed by atoms with Crippen LogP contribution in [0.25, 0.3) is 53.9 Å². The summed E-state index contributed by atoms with van der Waals surface area (Å²) in [5.74, 6) is 0. The Balaban J connectivity index is 2.13. The second-order valence-corrected chi connectivity index (χ2v) is 7.55. The minimum Gasteiger partial charge on any atom is -0.0616 e. The Kier molecular flexibility index (Phi) is 2.57. The van der Waals surface area contributed by atoms with Gasteiger partial charge < -0.3 is 0 Å². The topological polar surface area (TPSA) is 0 Å². The summed E-state index contributed by atoms with van der Waals surface area (Å²) >= 11 is 3.75. The number of hydrogen-bond acceptors (Lipinski definition) is 0. The van der Waals surface area contributed by atoms with Crippen LogP contribution in [0.4, 0.5) is 0 Å². The Morgan fingerprint density at radius 1 is 0.440 bits per heavy atom. The first-order valence-electron chi connectivity index (χ1n) is 8.49. The Morgan fingerprint density at radius 2 is 1.12 bits per heavy atom. The molecule has 25 heavy (non-hydrogen) atoms. The van der Waals surface area contributed by atoms with Gasteiger partial charge in [0, 0.05) is 4.47 Å². The molecule has 0 atom stereocenters. The van der Waals surface area contributed by atoms with Gasteiger partial charge in [0.15, 0.2) is 0 Å². The summed E-state index contributed by atoms with van der Waals surface area (Å²) < 4.78 is 1.16. The van der Waals surface area contributed by atoms with Crippen molar-refractivity contribution >= 4 is 69.8 Å². The molecular formula is C24H13Br. The van der Waals surface area contributed by atoms with Crippen LogP contribution in [0.3, 0.4) is 0 Å². The fourth-order valence-corrected chi connectivity index (χ4v) is 4.89. The van der Waals surface area contributed by atoms with E-state index in [1.165, 1.54) is 53.9 Å². The van der Waals surface area contributed by atoms with Crippen molar-refractivity contribution in [2.75, 3.05) is 0 Å². The number of fused-ring (bicyclic) bond motifs is 4. The predicted octanol–water partition coefficient (Wildman–Crippen LogP) is 7.65. The molecule has 0 spiro atoms. The highest BCUT2D eigenvalue weighted by Gasteiger charge is 2.15. The van der Waals surface area contributed by atoms with Crippen LogP contribution in [0.1, 0.15) is 0 Å². The molecule has 1 heteroatoms. The van der Waals surface area contributed by atoms with Crippen LogP contribution in [0.5, 0.6) is 0 Å². The van der Waals surface area contributed by atoms with Gasteiger partial charge in [-0.15, -0.1) is 0 Å². The fourth-order valence-electron chi connectivity index (χ4n) is 4.43. The highest BCUT2D eigenvalue weighted by Crippen LogP contribution is 2.44. The summed E-state index contributed by atoms with van der Waals surface area (Å²) in [5.41, 5.74) is 0. The van der Waals surface area contributed by atoms with Crippen LogP contribution < -0.4 is 0 Å². The monoisotopic (exact) mass is 380 g/mol. The zero-order chi connectivity index (χ0) is 16.5. The standard InChI is InChI=1S/C24H13Br/c25-21-12-11-18-17-8-3-6-15-13-14-5-1-2-7-16(14)24(22(15)17)20-10-4-9-19(21)23(18)20/h1-13H. The van der Waals surface area contributed by atoms with Gasteiger partial charge in [0.25, 0.3) is 0 Å². The molecule has 6 rings (SSSR count). The van der Waals surface area contributed by atoms with E-state index in [0.717, 1.165) is 4.47 Å². The van der Waals surface area contributed by atoms with Gasteiger partial charge in [-0.2, -0.15) is 0 Å². The van der Waals surface area contributed by atoms with E-state index in [4.69, 9.17) is 0 Å². The van der Waals surface area contributed by atoms with E-state index in [-0.39, 0.29) is 0 Å². The normalized spacial score (nSPS) is 12.2. The van der Waals surface area contributed by atoms with Crippen molar-refractivity contribution in [3.63, 3.8) is 0 Å². The van der Waals surface area contributed by atoms with Gasteiger partial charge in [-0.05, 0) is 66.0 Å². The lowest BCUT2D eigenvalue weighted by Gasteiger charge is -2.16. The number of halogens is 1. The molecule has 6 aromatic carbocycles. The third-order valence-electron chi connectivity index (χ3n) is 5.43. The zero-order valence-electron chi connectivity index (χ0n) is 13.4. The van der Waals surface area contributed by atoms with Crippen molar-refractivity contribution in [1.82, 2.24) is 0 Å². The van der Waals surface area contributed by atoms with Gasteiger partial charge in [-0.1, -0.05) is 82.7 Å². The fraction of sp³-hybridized carbons (Fsp3) is 0. The second kappa shape index (κ2) is 4.71. The number of rotatable bonds is 0. The molecule has 0 heterocycles. The minimum absolute atomic E-state index is 1.16. The summed E-state index contributed by atoms with van der Waals surface area (Å²) in [5, 5.41) is 13.4. The SMILES string of the molecule is Brc1ccc2c3cccc4cc5ccccc5c(c5cccc1c25)c43. The quantitative estimate of drug-likeness (QED) is 0.187. The Labute approximate surface area is 153 Å². The average Bonchev–Trinajstić information content (AvgIpc) is 2.66. The van der Waals surface area contributed by atoms with Crippen LogP contribution in [0.2, 0.25) is 0 Å². The lowest BCUT2D eigenvalue weighted by atomic mass is 9.87. The summed E-state index contributed by atoms with van der Waals surface area (Å²) in [4.78, 5) is 0. The van der Waals surface area contributed by atoms with E-state index in [2.05, 4.69) is 94.8 Å². The minimum atomic E-state index is 1.16. The lowest BCUT2D eigenvalue weighted by molar-refractivity contribution is 1.76. The van der Waals surface area contributed by atoms with Crippen LogP contribution in [0.15, 0.2) is 83.3 Å². The van der Waals surface area contributed by atoms with Gasteiger partial charge in [-0.3, -0.25) is 0 Å². The van der Waals surface area contributed by atoms with Crippen molar-refractivity contribution in [2.24, 2.45) is 0 Å². The molecule has 0 aliphatic heterocycles. The van der Waals surface area contributed by atoms with E-state index in [0.29, 0.717) is 0 Å². The first-order chi connectivity index (χ1) is 12.3. The van der Waals surface area contributed by atoms with E-state index in [9.17, 15) is 0 Å². The first kappa shape index (κ1) is 13.6. The van der Waals surface area contributed by atoms with E-state index < -0.39 is 0 Å². The lowest BCUT2D eigenvalue weighted by Crippen LogP contribution is -1.88. The van der Waals surface area contributed by atoms with Crippen LogP contribution in [-0.2, 0) is 0 Å². The van der Waals surface area contributed by atoms with Crippen molar-refractivity contribution in [2.45, 2.75) is 0 Å². The molecule has 0 radical (unpaired) electrons. The summed E-state index contributed by atoms with van der Waals surface area (Å²) in [6, 6.07) is 28.8. The second-order valence-electron chi connectivity index (χ2n) is 6.70.